The van der Waals surface area contributed by atoms with Gasteiger partial charge in [0.2, 0.25) is 0 Å². The second kappa shape index (κ2) is 8.33. The Balaban J connectivity index is 1.83. The van der Waals surface area contributed by atoms with Gasteiger partial charge in [-0.05, 0) is 42.8 Å². The Morgan fingerprint density at radius 1 is 1.26 bits per heavy atom. The van der Waals surface area contributed by atoms with Crippen molar-refractivity contribution in [2.24, 2.45) is 0 Å². The van der Waals surface area contributed by atoms with E-state index in [0.29, 0.717) is 27.1 Å². The average molecular weight is 396 g/mol. The molecule has 2 aromatic rings. The third kappa shape index (κ3) is 4.35. The number of hydrogen-bond acceptors (Lipinski definition) is 5. The summed E-state index contributed by atoms with van der Waals surface area (Å²) < 4.78 is 5.90. The van der Waals surface area contributed by atoms with Crippen molar-refractivity contribution in [2.75, 3.05) is 11.5 Å². The number of nitrogens with zero attached hydrogens (tertiary/aromatic N) is 1. The van der Waals surface area contributed by atoms with E-state index >= 15 is 0 Å². The predicted molar refractivity (Wildman–Crippen MR) is 114 cm³/mol. The lowest BCUT2D eigenvalue weighted by Gasteiger charge is -2.15. The van der Waals surface area contributed by atoms with Crippen LogP contribution in [0.1, 0.15) is 22.8 Å². The fourth-order valence-corrected chi connectivity index (χ4v) is 3.82. The van der Waals surface area contributed by atoms with Crippen LogP contribution in [0.4, 0.5) is 5.69 Å². The number of ketones is 1. The van der Waals surface area contributed by atoms with Crippen LogP contribution < -0.4 is 9.64 Å². The van der Waals surface area contributed by atoms with E-state index in [9.17, 15) is 9.59 Å². The average Bonchev–Trinajstić information content (AvgIpc) is 2.94. The zero-order chi connectivity index (χ0) is 19.4. The Bertz CT molecular complexity index is 948. The molecule has 0 bridgehead atoms. The second-order valence-corrected chi connectivity index (χ2v) is 7.47. The van der Waals surface area contributed by atoms with Crippen LogP contribution >= 0.6 is 24.0 Å². The Labute approximate surface area is 167 Å². The summed E-state index contributed by atoms with van der Waals surface area (Å²) in [6.45, 7) is 5.55. The van der Waals surface area contributed by atoms with Crippen LogP contribution in [-0.2, 0) is 4.79 Å². The van der Waals surface area contributed by atoms with E-state index in [1.807, 2.05) is 24.3 Å². The van der Waals surface area contributed by atoms with Crippen molar-refractivity contribution < 1.29 is 14.3 Å². The SMILES string of the molecule is C=CCOc1ccc(C=C2SC(=S)N(c3cccc(C(C)=O)c3)C2=O)cc1. The number of Topliss-reactive ketones (excluding diaryl/α,β-unsaturated/α-hetero) is 1. The highest BCUT2D eigenvalue weighted by atomic mass is 32.2. The molecule has 6 heteroatoms. The minimum absolute atomic E-state index is 0.0587. The summed E-state index contributed by atoms with van der Waals surface area (Å²) in [5.41, 5.74) is 2.02. The van der Waals surface area contributed by atoms with Crippen LogP contribution in [0.2, 0.25) is 0 Å². The normalized spacial score (nSPS) is 15.3. The first-order valence-electron chi connectivity index (χ1n) is 8.22. The van der Waals surface area contributed by atoms with Crippen molar-refractivity contribution in [2.45, 2.75) is 6.92 Å². The summed E-state index contributed by atoms with van der Waals surface area (Å²) in [7, 11) is 0. The summed E-state index contributed by atoms with van der Waals surface area (Å²) >= 11 is 6.63. The molecule has 0 unspecified atom stereocenters. The molecule has 1 amide bonds. The molecule has 0 aliphatic carbocycles. The Hall–Kier alpha value is -2.70. The van der Waals surface area contributed by atoms with E-state index < -0.39 is 0 Å². The first-order valence-corrected chi connectivity index (χ1v) is 9.45. The molecule has 0 atom stereocenters. The smallest absolute Gasteiger partial charge is 0.270 e. The van der Waals surface area contributed by atoms with Crippen molar-refractivity contribution in [3.63, 3.8) is 0 Å². The molecule has 1 saturated heterocycles. The molecule has 1 fully saturated rings. The summed E-state index contributed by atoms with van der Waals surface area (Å²) in [5.74, 6) is 0.481. The van der Waals surface area contributed by atoms with Gasteiger partial charge in [-0.25, -0.2) is 0 Å². The largest absolute Gasteiger partial charge is 0.490 e. The van der Waals surface area contributed by atoms with Crippen LogP contribution in [0.15, 0.2) is 66.1 Å². The van der Waals surface area contributed by atoms with Gasteiger partial charge in [-0.15, -0.1) is 0 Å². The lowest BCUT2D eigenvalue weighted by atomic mass is 10.1. The third-order valence-corrected chi connectivity index (χ3v) is 5.15. The molecule has 0 aromatic heterocycles. The number of anilines is 1. The van der Waals surface area contributed by atoms with Crippen molar-refractivity contribution in [1.29, 1.82) is 0 Å². The van der Waals surface area contributed by atoms with Gasteiger partial charge >= 0.3 is 0 Å². The molecule has 1 aliphatic rings. The summed E-state index contributed by atoms with van der Waals surface area (Å²) in [5, 5.41) is 0. The first-order chi connectivity index (χ1) is 13.0. The van der Waals surface area contributed by atoms with Crippen molar-refractivity contribution >= 4 is 51.8 Å². The summed E-state index contributed by atoms with van der Waals surface area (Å²) in [4.78, 5) is 26.4. The lowest BCUT2D eigenvalue weighted by Crippen LogP contribution is -2.27. The monoisotopic (exact) mass is 395 g/mol. The molecule has 4 nitrogen and oxygen atoms in total. The molecule has 136 valence electrons. The van der Waals surface area contributed by atoms with Gasteiger partial charge in [0.1, 0.15) is 12.4 Å². The Kier molecular flexibility index (Phi) is 5.88. The minimum atomic E-state index is -0.197. The third-order valence-electron chi connectivity index (χ3n) is 3.85. The van der Waals surface area contributed by atoms with Gasteiger partial charge in [-0.2, -0.15) is 0 Å². The van der Waals surface area contributed by atoms with Crippen LogP contribution in [0.5, 0.6) is 5.75 Å². The number of thioether (sulfide) groups is 1. The Morgan fingerprint density at radius 3 is 2.67 bits per heavy atom. The maximum absolute atomic E-state index is 12.8. The number of rotatable bonds is 6. The fourth-order valence-electron chi connectivity index (χ4n) is 2.52. The highest BCUT2D eigenvalue weighted by molar-refractivity contribution is 8.27. The van der Waals surface area contributed by atoms with E-state index in [0.717, 1.165) is 11.3 Å². The van der Waals surface area contributed by atoms with Crippen molar-refractivity contribution in [1.82, 2.24) is 0 Å². The van der Waals surface area contributed by atoms with E-state index in [4.69, 9.17) is 17.0 Å². The topological polar surface area (TPSA) is 46.6 Å². The molecule has 2 aromatic carbocycles. The molecule has 0 spiro atoms. The fraction of sp³-hybridized carbons (Fsp3) is 0.0952. The van der Waals surface area contributed by atoms with Crippen molar-refractivity contribution in [3.8, 4) is 5.75 Å². The first kappa shape index (κ1) is 19.1. The number of amides is 1. The number of benzene rings is 2. The summed E-state index contributed by atoms with van der Waals surface area (Å²) in [6.07, 6.45) is 3.48. The van der Waals surface area contributed by atoms with Gasteiger partial charge < -0.3 is 4.74 Å². The molecule has 1 aliphatic heterocycles. The lowest BCUT2D eigenvalue weighted by molar-refractivity contribution is -0.113. The maximum Gasteiger partial charge on any atom is 0.270 e. The van der Waals surface area contributed by atoms with Gasteiger partial charge in [0, 0.05) is 5.56 Å². The van der Waals surface area contributed by atoms with E-state index in [2.05, 4.69) is 6.58 Å². The van der Waals surface area contributed by atoms with Gasteiger partial charge in [-0.3, -0.25) is 14.5 Å². The minimum Gasteiger partial charge on any atom is -0.490 e. The Morgan fingerprint density at radius 2 is 2.00 bits per heavy atom. The molecule has 27 heavy (non-hydrogen) atoms. The number of carbonyl (C=O) groups is 2. The number of thiocarbonyl (C=S) groups is 1. The van der Waals surface area contributed by atoms with E-state index in [1.165, 1.54) is 23.6 Å². The molecular formula is C21H17NO3S2. The van der Waals surface area contributed by atoms with Gasteiger partial charge in [0.05, 0.1) is 10.6 Å². The van der Waals surface area contributed by atoms with Crippen molar-refractivity contribution in [3.05, 3.63) is 77.2 Å². The number of hydrogen-bond donors (Lipinski definition) is 0. The highest BCUT2D eigenvalue weighted by Gasteiger charge is 2.33. The standard InChI is InChI=1S/C21H17NO3S2/c1-3-11-25-18-9-7-15(8-10-18)12-19-20(24)22(21(26)27-19)17-6-4-5-16(13-17)14(2)23/h3-10,12-13H,1,11H2,2H3. The second-order valence-electron chi connectivity index (χ2n) is 5.79. The van der Waals surface area contributed by atoms with Crippen LogP contribution in [0, 0.1) is 0 Å². The highest BCUT2D eigenvalue weighted by Crippen LogP contribution is 2.36. The van der Waals surface area contributed by atoms with Crippen LogP contribution in [0.25, 0.3) is 6.08 Å². The molecule has 3 rings (SSSR count). The molecular weight excluding hydrogens is 378 g/mol. The van der Waals surface area contributed by atoms with E-state index in [-0.39, 0.29) is 11.7 Å². The quantitative estimate of drug-likeness (QED) is 0.303. The molecule has 0 saturated carbocycles. The van der Waals surface area contributed by atoms with Crippen LogP contribution in [-0.4, -0.2) is 22.6 Å². The summed E-state index contributed by atoms with van der Waals surface area (Å²) in [6, 6.07) is 14.3. The zero-order valence-corrected chi connectivity index (χ0v) is 16.3. The van der Waals surface area contributed by atoms with Gasteiger partial charge in [-0.1, -0.05) is 60.9 Å². The van der Waals surface area contributed by atoms with Crippen LogP contribution in [0.3, 0.4) is 0 Å². The number of ether oxygens (including phenoxy) is 1. The predicted octanol–water partition coefficient (Wildman–Crippen LogP) is 4.86. The molecule has 0 N–H and O–H groups in total. The maximum atomic E-state index is 12.8. The van der Waals surface area contributed by atoms with Gasteiger partial charge in [0.25, 0.3) is 5.91 Å². The molecule has 0 radical (unpaired) electrons. The van der Waals surface area contributed by atoms with Gasteiger partial charge in [0.15, 0.2) is 10.1 Å². The number of carbonyl (C=O) groups excluding carboxylic acids is 2. The van der Waals surface area contributed by atoms with E-state index in [1.54, 1.807) is 36.4 Å². The zero-order valence-electron chi connectivity index (χ0n) is 14.7. The molecule has 1 heterocycles.